The van der Waals surface area contributed by atoms with E-state index in [0.717, 1.165) is 22.4 Å². The number of fused-ring (bicyclic) bond motifs is 1. The van der Waals surface area contributed by atoms with Crippen molar-refractivity contribution in [1.29, 1.82) is 0 Å². The van der Waals surface area contributed by atoms with Crippen molar-refractivity contribution in [2.24, 2.45) is 7.05 Å². The molecule has 0 saturated carbocycles. The van der Waals surface area contributed by atoms with E-state index in [-0.39, 0.29) is 11.8 Å². The molecule has 0 bridgehead atoms. The number of nitrogen functional groups attached to an aromatic ring is 1. The van der Waals surface area contributed by atoms with Crippen LogP contribution in [0.3, 0.4) is 0 Å². The van der Waals surface area contributed by atoms with Gasteiger partial charge in [0.15, 0.2) is 12.3 Å². The number of nitrogens with zero attached hydrogens (tertiary/aromatic N) is 3. The molecule has 0 unspecified atom stereocenters. The third kappa shape index (κ3) is 3.20. The number of nitrogens with two attached hydrogens (primary N) is 1. The third-order valence-electron chi connectivity index (χ3n) is 3.99. The minimum atomic E-state index is -0.363. The van der Waals surface area contributed by atoms with Crippen molar-refractivity contribution in [3.05, 3.63) is 47.5 Å². The first-order valence-electron chi connectivity index (χ1n) is 8.02. The first-order valence-corrected chi connectivity index (χ1v) is 8.84. The van der Waals surface area contributed by atoms with Gasteiger partial charge >= 0.3 is 5.88 Å². The SMILES string of the molecule is COc1ccc(-c2ccc3c(N)c(C(=O)Nc4c[n+](C)no4)sc3n2)cc1. The predicted molar refractivity (Wildman–Crippen MR) is 102 cm³/mol. The van der Waals surface area contributed by atoms with Crippen molar-refractivity contribution in [3.8, 4) is 17.0 Å². The number of nitrogens with one attached hydrogen (secondary N) is 1. The highest BCUT2D eigenvalue weighted by Crippen LogP contribution is 2.34. The molecule has 0 aliphatic rings. The largest absolute Gasteiger partial charge is 0.497 e. The van der Waals surface area contributed by atoms with Gasteiger partial charge in [0.25, 0.3) is 12.1 Å². The predicted octanol–water partition coefficient (Wildman–Crippen LogP) is 2.62. The highest BCUT2D eigenvalue weighted by Gasteiger charge is 2.20. The fourth-order valence-electron chi connectivity index (χ4n) is 2.64. The first-order chi connectivity index (χ1) is 13.0. The number of methoxy groups -OCH3 is 1. The zero-order chi connectivity index (χ0) is 19.0. The van der Waals surface area contributed by atoms with E-state index in [4.69, 9.17) is 15.0 Å². The van der Waals surface area contributed by atoms with Crippen LogP contribution in [0.4, 0.5) is 11.6 Å². The summed E-state index contributed by atoms with van der Waals surface area (Å²) in [6, 6.07) is 11.4. The second-order valence-electron chi connectivity index (χ2n) is 5.82. The van der Waals surface area contributed by atoms with Crippen LogP contribution in [0.5, 0.6) is 5.75 Å². The van der Waals surface area contributed by atoms with Gasteiger partial charge in [0.2, 0.25) is 0 Å². The topological polar surface area (TPSA) is 107 Å². The number of rotatable bonds is 4. The van der Waals surface area contributed by atoms with Crippen LogP contribution in [0.2, 0.25) is 0 Å². The summed E-state index contributed by atoms with van der Waals surface area (Å²) in [5, 5.41) is 7.04. The number of aryl methyl sites for hydroxylation is 1. The Morgan fingerprint density at radius 2 is 2.04 bits per heavy atom. The van der Waals surface area contributed by atoms with Crippen molar-refractivity contribution in [2.45, 2.75) is 0 Å². The molecule has 3 N–H and O–H groups in total. The average Bonchev–Trinajstić information content (AvgIpc) is 3.24. The number of anilines is 2. The normalized spacial score (nSPS) is 10.9. The van der Waals surface area contributed by atoms with E-state index in [9.17, 15) is 4.79 Å². The molecule has 0 fully saturated rings. The van der Waals surface area contributed by atoms with E-state index in [1.807, 2.05) is 36.4 Å². The number of aromatic nitrogens is 3. The van der Waals surface area contributed by atoms with Gasteiger partial charge in [-0.25, -0.2) is 4.98 Å². The lowest BCUT2D eigenvalue weighted by atomic mass is 10.1. The number of thiophene rings is 1. The van der Waals surface area contributed by atoms with Crippen LogP contribution < -0.4 is 20.5 Å². The molecule has 0 saturated heterocycles. The summed E-state index contributed by atoms with van der Waals surface area (Å²) in [6.45, 7) is 0. The van der Waals surface area contributed by atoms with Gasteiger partial charge in [-0.1, -0.05) is 4.68 Å². The average molecular weight is 382 g/mol. The fourth-order valence-corrected chi connectivity index (χ4v) is 3.63. The van der Waals surface area contributed by atoms with E-state index in [0.29, 0.717) is 15.4 Å². The van der Waals surface area contributed by atoms with Crippen LogP contribution in [-0.2, 0) is 7.05 Å². The van der Waals surface area contributed by atoms with Crippen LogP contribution in [0.15, 0.2) is 47.1 Å². The maximum atomic E-state index is 12.5. The summed E-state index contributed by atoms with van der Waals surface area (Å²) in [5.41, 5.74) is 8.30. The van der Waals surface area contributed by atoms with Gasteiger partial charge in [-0.05, 0) is 36.4 Å². The molecule has 0 radical (unpaired) electrons. The number of ether oxygens (including phenoxy) is 1. The molecule has 1 amide bonds. The molecule has 136 valence electrons. The van der Waals surface area contributed by atoms with E-state index < -0.39 is 0 Å². The number of hydrogen-bond donors (Lipinski definition) is 2. The van der Waals surface area contributed by atoms with Gasteiger partial charge in [-0.2, -0.15) is 0 Å². The molecule has 27 heavy (non-hydrogen) atoms. The Kier molecular flexibility index (Phi) is 4.21. The number of amides is 1. The van der Waals surface area contributed by atoms with E-state index >= 15 is 0 Å². The quantitative estimate of drug-likeness (QED) is 0.526. The molecule has 8 nitrogen and oxygen atoms in total. The number of carbonyl (C=O) groups excluding carboxylic acids is 1. The molecule has 9 heteroatoms. The van der Waals surface area contributed by atoms with Crippen LogP contribution in [-0.4, -0.2) is 23.3 Å². The Morgan fingerprint density at radius 3 is 2.70 bits per heavy atom. The monoisotopic (exact) mass is 382 g/mol. The summed E-state index contributed by atoms with van der Waals surface area (Å²) in [6.07, 6.45) is 1.56. The van der Waals surface area contributed by atoms with E-state index in [1.165, 1.54) is 16.0 Å². The minimum Gasteiger partial charge on any atom is -0.497 e. The molecule has 0 aliphatic heterocycles. The Bertz CT molecular complexity index is 1130. The van der Waals surface area contributed by atoms with Gasteiger partial charge in [0.1, 0.15) is 15.5 Å². The highest BCUT2D eigenvalue weighted by molar-refractivity contribution is 7.21. The zero-order valence-corrected chi connectivity index (χ0v) is 15.4. The smallest absolute Gasteiger partial charge is 0.302 e. The Labute approximate surface area is 158 Å². The van der Waals surface area contributed by atoms with Crippen molar-refractivity contribution in [2.75, 3.05) is 18.2 Å². The summed E-state index contributed by atoms with van der Waals surface area (Å²) in [4.78, 5) is 18.2. The number of hydrogen-bond acceptors (Lipinski definition) is 7. The third-order valence-corrected chi connectivity index (χ3v) is 5.11. The molecule has 3 heterocycles. The number of benzene rings is 1. The summed E-state index contributed by atoms with van der Waals surface area (Å²) in [5.74, 6) is 0.657. The van der Waals surface area contributed by atoms with Crippen LogP contribution in [0, 0.1) is 0 Å². The molecule has 4 aromatic rings. The van der Waals surface area contributed by atoms with Crippen LogP contribution in [0.1, 0.15) is 9.67 Å². The summed E-state index contributed by atoms with van der Waals surface area (Å²) < 4.78 is 11.6. The lowest BCUT2D eigenvalue weighted by molar-refractivity contribution is -0.739. The van der Waals surface area contributed by atoms with E-state index in [2.05, 4.69) is 15.6 Å². The Balaban J connectivity index is 1.67. The van der Waals surface area contributed by atoms with Crippen molar-refractivity contribution in [3.63, 3.8) is 0 Å². The van der Waals surface area contributed by atoms with Crippen molar-refractivity contribution >= 4 is 39.0 Å². The van der Waals surface area contributed by atoms with Gasteiger partial charge in [-0.3, -0.25) is 14.6 Å². The Hall–Kier alpha value is -3.46. The molecule has 1 aromatic carbocycles. The van der Waals surface area contributed by atoms with Gasteiger partial charge in [-0.15, -0.1) is 11.3 Å². The lowest BCUT2D eigenvalue weighted by Crippen LogP contribution is -2.28. The first kappa shape index (κ1) is 17.0. The molecular weight excluding hydrogens is 366 g/mol. The van der Waals surface area contributed by atoms with Gasteiger partial charge < -0.3 is 10.5 Å². The van der Waals surface area contributed by atoms with Crippen LogP contribution in [0.25, 0.3) is 21.5 Å². The maximum absolute atomic E-state index is 12.5. The summed E-state index contributed by atoms with van der Waals surface area (Å²) >= 11 is 1.23. The molecule has 0 atom stereocenters. The summed E-state index contributed by atoms with van der Waals surface area (Å²) in [7, 11) is 3.32. The Morgan fingerprint density at radius 1 is 1.26 bits per heavy atom. The second-order valence-corrected chi connectivity index (χ2v) is 6.82. The highest BCUT2D eigenvalue weighted by atomic mass is 32.1. The second kappa shape index (κ2) is 6.69. The zero-order valence-electron chi connectivity index (χ0n) is 14.6. The van der Waals surface area contributed by atoms with Crippen molar-refractivity contribution < 1.29 is 18.7 Å². The van der Waals surface area contributed by atoms with E-state index in [1.54, 1.807) is 20.4 Å². The van der Waals surface area contributed by atoms with Gasteiger partial charge in [0, 0.05) is 10.9 Å². The fraction of sp³-hybridized carbons (Fsp3) is 0.111. The molecule has 4 rings (SSSR count). The van der Waals surface area contributed by atoms with Crippen molar-refractivity contribution in [1.82, 2.24) is 10.3 Å². The number of pyridine rings is 1. The maximum Gasteiger partial charge on any atom is 0.302 e. The minimum absolute atomic E-state index is 0.242. The van der Waals surface area contributed by atoms with Gasteiger partial charge in [0.05, 0.1) is 18.5 Å². The molecule has 3 aromatic heterocycles. The number of carbonyl (C=O) groups is 1. The standard InChI is InChI=1S/C18H15N5O3S/c1-23-9-14(26-22-23)21-17(24)16-15(19)12-7-8-13(20-18(12)27-16)10-3-5-11(25-2)6-4-10/h3-9H,1-2H3,(H2-,19,21,22,24)/p+1. The molecule has 0 aliphatic carbocycles. The van der Waals surface area contributed by atoms with Crippen LogP contribution >= 0.6 is 11.3 Å². The lowest BCUT2D eigenvalue weighted by Gasteiger charge is -2.03. The molecule has 0 spiro atoms. The molecular formula is C18H16N5O3S+.